The summed E-state index contributed by atoms with van der Waals surface area (Å²) in [4.78, 5) is 0. The van der Waals surface area contributed by atoms with Crippen LogP contribution in [0.15, 0.2) is 18.2 Å². The van der Waals surface area contributed by atoms with Gasteiger partial charge in [-0.05, 0) is 25.7 Å². The minimum absolute atomic E-state index is 0.750. The van der Waals surface area contributed by atoms with Gasteiger partial charge in [0.1, 0.15) is 7.85 Å². The Bertz CT molecular complexity index is 277. The lowest BCUT2D eigenvalue weighted by atomic mass is 9.86. The van der Waals surface area contributed by atoms with E-state index in [9.17, 15) is 0 Å². The number of aryl methyl sites for hydroxylation is 2. The second-order valence-corrected chi connectivity index (χ2v) is 4.13. The first-order chi connectivity index (χ1) is 7.09. The first kappa shape index (κ1) is 14.3. The van der Waals surface area contributed by atoms with E-state index in [4.69, 9.17) is 7.85 Å². The second-order valence-electron chi connectivity index (χ2n) is 4.13. The van der Waals surface area contributed by atoms with E-state index >= 15 is 0 Å². The van der Waals surface area contributed by atoms with E-state index in [1.54, 1.807) is 0 Å². The molecule has 1 aromatic carbocycles. The molecule has 0 saturated carbocycles. The van der Waals surface area contributed by atoms with Crippen molar-refractivity contribution in [3.8, 4) is 0 Å². The Morgan fingerprint density at radius 1 is 1.20 bits per heavy atom. The van der Waals surface area contributed by atoms with Gasteiger partial charge in [-0.2, -0.15) is 0 Å². The Balaban J connectivity index is 0.000000921. The average Bonchev–Trinajstić information content (AvgIpc) is 2.22. The van der Waals surface area contributed by atoms with Crippen molar-refractivity contribution in [2.24, 2.45) is 5.92 Å². The van der Waals surface area contributed by atoms with Crippen LogP contribution in [0.4, 0.5) is 0 Å². The van der Waals surface area contributed by atoms with Crippen molar-refractivity contribution in [1.82, 2.24) is 0 Å². The molecule has 0 aliphatic rings. The van der Waals surface area contributed by atoms with Crippen LogP contribution in [0.3, 0.4) is 0 Å². The normalized spacial score (nSPS) is 9.73. The van der Waals surface area contributed by atoms with Crippen molar-refractivity contribution in [2.45, 2.75) is 47.5 Å². The quantitative estimate of drug-likeness (QED) is 0.659. The molecule has 0 atom stereocenters. The Morgan fingerprint density at radius 2 is 1.80 bits per heavy atom. The largest absolute Gasteiger partial charge is 0.114 e. The number of benzene rings is 1. The average molecular weight is 202 g/mol. The van der Waals surface area contributed by atoms with Crippen LogP contribution in [0, 0.1) is 12.8 Å². The molecule has 0 fully saturated rings. The van der Waals surface area contributed by atoms with E-state index in [-0.39, 0.29) is 0 Å². The molecule has 0 aliphatic carbocycles. The van der Waals surface area contributed by atoms with Crippen LogP contribution < -0.4 is 5.46 Å². The molecule has 0 N–H and O–H groups in total. The zero-order valence-corrected chi connectivity index (χ0v) is 10.8. The summed E-state index contributed by atoms with van der Waals surface area (Å²) in [6, 6.07) is 6.26. The Labute approximate surface area is 96.5 Å². The lowest BCUT2D eigenvalue weighted by Crippen LogP contribution is -2.11. The first-order valence-electron chi connectivity index (χ1n) is 5.94. The molecule has 15 heavy (non-hydrogen) atoms. The van der Waals surface area contributed by atoms with Gasteiger partial charge in [0.2, 0.25) is 0 Å². The van der Waals surface area contributed by atoms with Gasteiger partial charge in [0.15, 0.2) is 0 Å². The highest BCUT2D eigenvalue weighted by Crippen LogP contribution is 2.08. The monoisotopic (exact) mass is 202 g/mol. The molecule has 0 heterocycles. The predicted molar refractivity (Wildman–Crippen MR) is 71.1 cm³/mol. The highest BCUT2D eigenvalue weighted by Gasteiger charge is 2.00. The molecule has 0 bridgehead atoms. The SMILES string of the molecule is CC.[B]c1ccc(C)cc1CCC(C)C. The molecular formula is C14H23B. The van der Waals surface area contributed by atoms with E-state index in [1.165, 1.54) is 17.5 Å². The van der Waals surface area contributed by atoms with Crippen molar-refractivity contribution in [3.05, 3.63) is 29.3 Å². The van der Waals surface area contributed by atoms with Crippen molar-refractivity contribution in [3.63, 3.8) is 0 Å². The van der Waals surface area contributed by atoms with Gasteiger partial charge >= 0.3 is 0 Å². The minimum atomic E-state index is 0.750. The third-order valence-electron chi connectivity index (χ3n) is 2.29. The molecule has 1 heteroatoms. The van der Waals surface area contributed by atoms with Crippen molar-refractivity contribution in [2.75, 3.05) is 0 Å². The molecule has 0 aromatic heterocycles. The second kappa shape index (κ2) is 7.56. The maximum atomic E-state index is 5.88. The maximum Gasteiger partial charge on any atom is 0.114 e. The van der Waals surface area contributed by atoms with Gasteiger partial charge in [-0.3, -0.25) is 0 Å². The van der Waals surface area contributed by atoms with E-state index in [1.807, 2.05) is 19.9 Å². The molecule has 2 radical (unpaired) electrons. The zero-order chi connectivity index (χ0) is 11.8. The molecule has 0 aliphatic heterocycles. The molecule has 0 nitrogen and oxygen atoms in total. The molecule has 82 valence electrons. The maximum absolute atomic E-state index is 5.88. The minimum Gasteiger partial charge on any atom is -0.0935 e. The fraction of sp³-hybridized carbons (Fsp3) is 0.571. The van der Waals surface area contributed by atoms with E-state index in [0.29, 0.717) is 0 Å². The van der Waals surface area contributed by atoms with E-state index < -0.39 is 0 Å². The Kier molecular flexibility index (Phi) is 7.20. The summed E-state index contributed by atoms with van der Waals surface area (Å²) >= 11 is 0. The van der Waals surface area contributed by atoms with Crippen molar-refractivity contribution < 1.29 is 0 Å². The van der Waals surface area contributed by atoms with Crippen LogP contribution >= 0.6 is 0 Å². The van der Waals surface area contributed by atoms with Gasteiger partial charge in [0.25, 0.3) is 0 Å². The lowest BCUT2D eigenvalue weighted by molar-refractivity contribution is 0.587. The van der Waals surface area contributed by atoms with Gasteiger partial charge in [-0.15, -0.1) is 0 Å². The molecular weight excluding hydrogens is 179 g/mol. The highest BCUT2D eigenvalue weighted by atomic mass is 14.0. The number of rotatable bonds is 3. The summed E-state index contributed by atoms with van der Waals surface area (Å²) < 4.78 is 0. The standard InChI is InChI=1S/C12H17B.C2H6/c1-9(2)4-6-11-8-10(3)5-7-12(11)13;1-2/h5,7-9H,4,6H2,1-3H3;1-2H3. The molecule has 0 amide bonds. The Hall–Kier alpha value is -0.715. The fourth-order valence-corrected chi connectivity index (χ4v) is 1.40. The van der Waals surface area contributed by atoms with Gasteiger partial charge < -0.3 is 0 Å². The lowest BCUT2D eigenvalue weighted by Gasteiger charge is -2.09. The fourth-order valence-electron chi connectivity index (χ4n) is 1.40. The van der Waals surface area contributed by atoms with Gasteiger partial charge in [-0.25, -0.2) is 0 Å². The smallest absolute Gasteiger partial charge is 0.0935 e. The highest BCUT2D eigenvalue weighted by molar-refractivity contribution is 6.33. The molecule has 1 aromatic rings. The van der Waals surface area contributed by atoms with Gasteiger partial charge in [0, 0.05) is 0 Å². The third kappa shape index (κ3) is 5.66. The number of hydrogen-bond donors (Lipinski definition) is 0. The third-order valence-corrected chi connectivity index (χ3v) is 2.29. The van der Waals surface area contributed by atoms with Crippen molar-refractivity contribution in [1.29, 1.82) is 0 Å². The van der Waals surface area contributed by atoms with E-state index in [0.717, 1.165) is 17.8 Å². The summed E-state index contributed by atoms with van der Waals surface area (Å²) in [5, 5.41) is 0. The van der Waals surface area contributed by atoms with E-state index in [2.05, 4.69) is 32.9 Å². The van der Waals surface area contributed by atoms with Crippen LogP contribution in [0.1, 0.15) is 45.2 Å². The predicted octanol–water partition coefficient (Wildman–Crippen LogP) is 3.40. The van der Waals surface area contributed by atoms with Gasteiger partial charge in [0.05, 0.1) is 0 Å². The van der Waals surface area contributed by atoms with Gasteiger partial charge in [-0.1, -0.05) is 62.5 Å². The zero-order valence-electron chi connectivity index (χ0n) is 10.8. The van der Waals surface area contributed by atoms with Crippen LogP contribution in [-0.2, 0) is 6.42 Å². The Morgan fingerprint density at radius 3 is 2.33 bits per heavy atom. The van der Waals surface area contributed by atoms with Crippen LogP contribution in [-0.4, -0.2) is 7.85 Å². The van der Waals surface area contributed by atoms with Crippen molar-refractivity contribution >= 4 is 13.3 Å². The summed E-state index contributed by atoms with van der Waals surface area (Å²) in [5.41, 5.74) is 3.54. The van der Waals surface area contributed by atoms with Crippen LogP contribution in [0.2, 0.25) is 0 Å². The molecule has 0 spiro atoms. The first-order valence-corrected chi connectivity index (χ1v) is 5.94. The molecule has 0 unspecified atom stereocenters. The van der Waals surface area contributed by atoms with Crippen LogP contribution in [0.5, 0.6) is 0 Å². The summed E-state index contributed by atoms with van der Waals surface area (Å²) in [6.07, 6.45) is 2.32. The van der Waals surface area contributed by atoms with Crippen LogP contribution in [0.25, 0.3) is 0 Å². The molecule has 0 saturated heterocycles. The summed E-state index contributed by atoms with van der Waals surface area (Å²) in [6.45, 7) is 10.6. The molecule has 1 rings (SSSR count). The summed E-state index contributed by atoms with van der Waals surface area (Å²) in [5.74, 6) is 0.750. The topological polar surface area (TPSA) is 0 Å². The summed E-state index contributed by atoms with van der Waals surface area (Å²) in [7, 11) is 5.88. The number of hydrogen-bond acceptors (Lipinski definition) is 0.